The standard InChI is InChI=1S/C16H18I.CHF3O3S/c1-11-5-7-13(3)15(9-11)17-16-10-12(2)6-8-14(16)4;2-1(3,4)8(5,6)7/h5-10H,1-4H3;(H,5,6,7)/q+1;/p-1. The summed E-state index contributed by atoms with van der Waals surface area (Å²) < 4.78 is 62.0. The van der Waals surface area contributed by atoms with Crippen molar-refractivity contribution in [3.63, 3.8) is 0 Å². The largest absolute Gasteiger partial charge is 0.741 e. The van der Waals surface area contributed by atoms with E-state index >= 15 is 0 Å². The molecule has 0 N–H and O–H groups in total. The normalized spacial score (nSPS) is 11.7. The summed E-state index contributed by atoms with van der Waals surface area (Å²) >= 11 is -0.0483. The van der Waals surface area contributed by atoms with Crippen LogP contribution in [0.3, 0.4) is 0 Å². The molecule has 2 aromatic rings. The fraction of sp³-hybridized carbons (Fsp3) is 0.294. The van der Waals surface area contributed by atoms with Crippen LogP contribution in [0.2, 0.25) is 0 Å². The highest BCUT2D eigenvalue weighted by atomic mass is 127. The monoisotopic (exact) mass is 486 g/mol. The molecule has 138 valence electrons. The molecule has 0 fully saturated rings. The molecule has 2 rings (SSSR count). The zero-order chi connectivity index (χ0) is 19.4. The van der Waals surface area contributed by atoms with E-state index in [1.807, 2.05) is 0 Å². The molecule has 0 bridgehead atoms. The van der Waals surface area contributed by atoms with Gasteiger partial charge < -0.3 is 4.55 Å². The van der Waals surface area contributed by atoms with E-state index in [9.17, 15) is 13.2 Å². The van der Waals surface area contributed by atoms with Gasteiger partial charge in [0.05, 0.1) is 0 Å². The van der Waals surface area contributed by atoms with Crippen LogP contribution < -0.4 is 21.2 Å². The van der Waals surface area contributed by atoms with Crippen molar-refractivity contribution in [1.82, 2.24) is 0 Å². The van der Waals surface area contributed by atoms with E-state index in [-0.39, 0.29) is 21.2 Å². The van der Waals surface area contributed by atoms with Gasteiger partial charge in [-0.3, -0.25) is 0 Å². The van der Waals surface area contributed by atoms with Crippen LogP contribution in [0, 0.1) is 34.8 Å². The van der Waals surface area contributed by atoms with E-state index in [0.717, 1.165) is 0 Å². The molecule has 0 atom stereocenters. The van der Waals surface area contributed by atoms with E-state index in [4.69, 9.17) is 13.0 Å². The van der Waals surface area contributed by atoms with Gasteiger partial charge >= 0.3 is 26.7 Å². The Morgan fingerprint density at radius 2 is 1.16 bits per heavy atom. The zero-order valence-corrected chi connectivity index (χ0v) is 17.1. The molecule has 3 nitrogen and oxygen atoms in total. The second-order valence-corrected chi connectivity index (χ2v) is 9.73. The first kappa shape index (κ1) is 21.9. The van der Waals surface area contributed by atoms with Gasteiger partial charge in [-0.15, -0.1) is 0 Å². The molecule has 0 aliphatic rings. The average Bonchev–Trinajstić information content (AvgIpc) is 2.45. The first-order valence-corrected chi connectivity index (χ1v) is 10.7. The van der Waals surface area contributed by atoms with Crippen LogP contribution in [0.1, 0.15) is 22.3 Å². The highest BCUT2D eigenvalue weighted by molar-refractivity contribution is 7.86. The lowest BCUT2D eigenvalue weighted by Crippen LogP contribution is -3.62. The van der Waals surface area contributed by atoms with Gasteiger partial charge in [-0.05, 0) is 51.0 Å². The molecule has 0 aliphatic heterocycles. The van der Waals surface area contributed by atoms with E-state index in [1.165, 1.54) is 22.3 Å². The number of hydrogen-bond acceptors (Lipinski definition) is 3. The summed E-state index contributed by atoms with van der Waals surface area (Å²) in [5.41, 5.74) is -0.0349. The van der Waals surface area contributed by atoms with Crippen LogP contribution in [-0.2, 0) is 10.1 Å². The molecule has 0 heterocycles. The maximum absolute atomic E-state index is 10.7. The van der Waals surface area contributed by atoms with Crippen molar-refractivity contribution in [2.24, 2.45) is 0 Å². The first-order valence-electron chi connectivity index (χ1n) is 7.13. The summed E-state index contributed by atoms with van der Waals surface area (Å²) in [6, 6.07) is 13.6. The highest BCUT2D eigenvalue weighted by Crippen LogP contribution is 2.20. The molecule has 0 aliphatic carbocycles. The number of benzene rings is 2. The number of hydrogen-bond donors (Lipinski definition) is 0. The Bertz CT molecular complexity index is 797. The Hall–Kier alpha value is -1.13. The first-order chi connectivity index (χ1) is 11.3. The smallest absolute Gasteiger partial charge is 0.485 e. The van der Waals surface area contributed by atoms with Gasteiger partial charge in [-0.25, -0.2) is 8.42 Å². The lowest BCUT2D eigenvalue weighted by molar-refractivity contribution is -0.598. The Morgan fingerprint density at radius 1 is 0.840 bits per heavy atom. The number of aryl methyl sites for hydroxylation is 4. The lowest BCUT2D eigenvalue weighted by Gasteiger charge is -2.08. The molecule has 0 saturated heterocycles. The van der Waals surface area contributed by atoms with Crippen molar-refractivity contribution < 1.29 is 47.3 Å². The molecule has 0 saturated carbocycles. The minimum atomic E-state index is -6.09. The zero-order valence-electron chi connectivity index (χ0n) is 14.1. The number of rotatable bonds is 2. The van der Waals surface area contributed by atoms with E-state index < -0.39 is 15.6 Å². The summed E-state index contributed by atoms with van der Waals surface area (Å²) in [4.78, 5) is 0. The molecule has 0 radical (unpaired) electrons. The lowest BCUT2D eigenvalue weighted by atomic mass is 10.2. The summed E-state index contributed by atoms with van der Waals surface area (Å²) in [6.45, 7) is 8.80. The van der Waals surface area contributed by atoms with Crippen molar-refractivity contribution >= 4 is 10.1 Å². The van der Waals surface area contributed by atoms with Crippen molar-refractivity contribution in [2.45, 2.75) is 33.2 Å². The number of halogens is 4. The van der Waals surface area contributed by atoms with E-state index in [1.54, 1.807) is 7.14 Å². The molecule has 8 heteroatoms. The summed E-state index contributed by atoms with van der Waals surface area (Å²) in [6.07, 6.45) is 0. The van der Waals surface area contributed by atoms with Crippen LogP contribution in [-0.4, -0.2) is 18.5 Å². The van der Waals surface area contributed by atoms with E-state index in [0.29, 0.717) is 0 Å². The van der Waals surface area contributed by atoms with Crippen molar-refractivity contribution in [2.75, 3.05) is 0 Å². The third-order valence-electron chi connectivity index (χ3n) is 3.14. The average molecular weight is 486 g/mol. The number of alkyl halides is 3. The van der Waals surface area contributed by atoms with Gasteiger partial charge in [0, 0.05) is 11.1 Å². The Morgan fingerprint density at radius 3 is 1.44 bits per heavy atom. The highest BCUT2D eigenvalue weighted by Gasteiger charge is 2.36. The predicted octanol–water partition coefficient (Wildman–Crippen LogP) is 1.10. The molecule has 0 unspecified atom stereocenters. The van der Waals surface area contributed by atoms with Crippen molar-refractivity contribution in [1.29, 1.82) is 0 Å². The topological polar surface area (TPSA) is 57.2 Å². The molecule has 2 aromatic carbocycles. The minimum Gasteiger partial charge on any atom is -0.741 e. The second kappa shape index (κ2) is 8.50. The van der Waals surface area contributed by atoms with Crippen LogP contribution in [0.25, 0.3) is 0 Å². The summed E-state index contributed by atoms with van der Waals surface area (Å²) in [7, 11) is -6.09. The minimum absolute atomic E-state index is 0.0483. The Labute approximate surface area is 156 Å². The fourth-order valence-electron chi connectivity index (χ4n) is 1.71. The fourth-order valence-corrected chi connectivity index (χ4v) is 4.84. The van der Waals surface area contributed by atoms with Crippen LogP contribution >= 0.6 is 0 Å². The van der Waals surface area contributed by atoms with Gasteiger partial charge in [-0.1, -0.05) is 24.3 Å². The van der Waals surface area contributed by atoms with Crippen molar-refractivity contribution in [3.05, 3.63) is 65.8 Å². The molecule has 25 heavy (non-hydrogen) atoms. The summed E-state index contributed by atoms with van der Waals surface area (Å²) in [5.74, 6) is 0. The molecule has 0 spiro atoms. The third-order valence-corrected chi connectivity index (χ3v) is 7.20. The van der Waals surface area contributed by atoms with E-state index in [2.05, 4.69) is 64.1 Å². The Kier molecular flexibility index (Phi) is 7.45. The van der Waals surface area contributed by atoms with Gasteiger partial charge in [-0.2, -0.15) is 13.2 Å². The van der Waals surface area contributed by atoms with Crippen LogP contribution in [0.4, 0.5) is 13.2 Å². The van der Waals surface area contributed by atoms with Gasteiger partial charge in [0.15, 0.2) is 17.3 Å². The quantitative estimate of drug-likeness (QED) is 0.363. The van der Waals surface area contributed by atoms with Crippen molar-refractivity contribution in [3.8, 4) is 0 Å². The van der Waals surface area contributed by atoms with Gasteiger partial charge in [0.1, 0.15) is 0 Å². The Balaban J connectivity index is 0.000000333. The molecular weight excluding hydrogens is 468 g/mol. The molecule has 0 amide bonds. The second-order valence-electron chi connectivity index (χ2n) is 5.50. The molecular formula is C17H18F3IO3S. The maximum atomic E-state index is 10.7. The molecule has 0 aromatic heterocycles. The maximum Gasteiger partial charge on any atom is 0.485 e. The SMILES string of the molecule is Cc1ccc(C)c([I+]c2cc(C)ccc2C)c1.O=S(=O)([O-])C(F)(F)F. The predicted molar refractivity (Wildman–Crippen MR) is 85.0 cm³/mol. The van der Waals surface area contributed by atoms with Crippen LogP contribution in [0.15, 0.2) is 36.4 Å². The van der Waals surface area contributed by atoms with Gasteiger partial charge in [0.25, 0.3) is 0 Å². The summed E-state index contributed by atoms with van der Waals surface area (Å²) in [5, 5.41) is 0. The van der Waals surface area contributed by atoms with Gasteiger partial charge in [0.2, 0.25) is 0 Å². The third kappa shape index (κ3) is 6.95. The van der Waals surface area contributed by atoms with Crippen LogP contribution in [0.5, 0.6) is 0 Å².